The molecule has 3 heterocycles. The quantitative estimate of drug-likeness (QED) is 0.892. The lowest BCUT2D eigenvalue weighted by Crippen LogP contribution is -2.46. The number of rotatable bonds is 4. The molecule has 1 N–H and O–H groups in total. The first-order chi connectivity index (χ1) is 11.6. The number of hydrogen-bond donors (Lipinski definition) is 1. The van der Waals surface area contributed by atoms with Gasteiger partial charge in [-0.3, -0.25) is 0 Å². The maximum Gasteiger partial charge on any atom is 0.317 e. The van der Waals surface area contributed by atoms with Crippen LogP contribution in [-0.2, 0) is 6.54 Å². The van der Waals surface area contributed by atoms with Crippen LogP contribution in [0.3, 0.4) is 0 Å². The lowest BCUT2D eigenvalue weighted by molar-refractivity contribution is 0.194. The van der Waals surface area contributed by atoms with E-state index in [4.69, 9.17) is 0 Å². The molecule has 2 aliphatic rings. The number of anilines is 1. The number of nitrogens with zero attached hydrogens (tertiary/aromatic N) is 4. The Bertz CT molecular complexity index is 556. The van der Waals surface area contributed by atoms with Crippen LogP contribution in [0.25, 0.3) is 0 Å². The van der Waals surface area contributed by atoms with Crippen LogP contribution in [0.4, 0.5) is 10.6 Å². The molecule has 3 rings (SSSR count). The normalized spacial score (nSPS) is 21.8. The van der Waals surface area contributed by atoms with Crippen molar-refractivity contribution in [2.24, 2.45) is 0 Å². The second kappa shape index (κ2) is 8.07. The van der Waals surface area contributed by atoms with E-state index < -0.39 is 0 Å². The number of carbonyl (C=O) groups excluding carboxylic acids is 1. The van der Waals surface area contributed by atoms with Gasteiger partial charge in [-0.15, -0.1) is 0 Å². The lowest BCUT2D eigenvalue weighted by Gasteiger charge is -2.34. The second-order valence-electron chi connectivity index (χ2n) is 6.56. The minimum absolute atomic E-state index is 0.00989. The smallest absolute Gasteiger partial charge is 0.317 e. The summed E-state index contributed by atoms with van der Waals surface area (Å²) < 4.78 is 0. The Hall–Kier alpha value is -1.47. The summed E-state index contributed by atoms with van der Waals surface area (Å²) in [6.07, 6.45) is 2.93. The van der Waals surface area contributed by atoms with Crippen molar-refractivity contribution in [2.45, 2.75) is 19.0 Å². The number of urea groups is 1. The number of nitrogens with one attached hydrogen (secondary N) is 1. The molecule has 2 fully saturated rings. The van der Waals surface area contributed by atoms with E-state index in [1.54, 1.807) is 0 Å². The van der Waals surface area contributed by atoms with Gasteiger partial charge >= 0.3 is 6.03 Å². The van der Waals surface area contributed by atoms with Crippen LogP contribution < -0.4 is 10.2 Å². The summed E-state index contributed by atoms with van der Waals surface area (Å²) in [5.74, 6) is 3.20. The maximum atomic E-state index is 12.4. The third kappa shape index (κ3) is 4.13. The number of piperazine rings is 1. The third-order valence-electron chi connectivity index (χ3n) is 4.87. The molecule has 0 bridgehead atoms. The topological polar surface area (TPSA) is 51.7 Å². The van der Waals surface area contributed by atoms with E-state index in [1.807, 2.05) is 36.0 Å². The zero-order chi connectivity index (χ0) is 16.9. The predicted octanol–water partition coefficient (Wildman–Crippen LogP) is 1.48. The molecule has 24 heavy (non-hydrogen) atoms. The fraction of sp³-hybridized carbons (Fsp3) is 0.647. The Labute approximate surface area is 148 Å². The minimum atomic E-state index is 0.00989. The van der Waals surface area contributed by atoms with E-state index in [0.717, 1.165) is 55.5 Å². The van der Waals surface area contributed by atoms with Crippen molar-refractivity contribution in [3.05, 3.63) is 23.9 Å². The SMILES string of the molecule is CN1CCN(c2ncccc2CNC(=O)N(C)[C@H]2CCSC2)CC1. The number of likely N-dealkylation sites (N-methyl/N-ethyl adjacent to an activating group) is 1. The predicted molar refractivity (Wildman–Crippen MR) is 99.7 cm³/mol. The van der Waals surface area contributed by atoms with Crippen molar-refractivity contribution in [1.82, 2.24) is 20.1 Å². The van der Waals surface area contributed by atoms with Crippen LogP contribution in [0, 0.1) is 0 Å². The standard InChI is InChI=1S/C17H27N5OS/c1-20-7-9-22(10-8-20)16-14(4-3-6-18-16)12-19-17(23)21(2)15-5-11-24-13-15/h3-4,6,15H,5,7-13H2,1-2H3,(H,19,23)/t15-/m0/s1. The van der Waals surface area contributed by atoms with Crippen LogP contribution >= 0.6 is 11.8 Å². The maximum absolute atomic E-state index is 12.4. The molecule has 6 nitrogen and oxygen atoms in total. The molecule has 0 aliphatic carbocycles. The molecule has 2 saturated heterocycles. The zero-order valence-electron chi connectivity index (χ0n) is 14.6. The molecular formula is C17H27N5OS. The molecule has 132 valence electrons. The molecule has 1 atom stereocenters. The van der Waals surface area contributed by atoms with Crippen molar-refractivity contribution >= 4 is 23.6 Å². The highest BCUT2D eigenvalue weighted by molar-refractivity contribution is 7.99. The Kier molecular flexibility index (Phi) is 5.84. The number of thioether (sulfide) groups is 1. The van der Waals surface area contributed by atoms with E-state index in [9.17, 15) is 4.79 Å². The minimum Gasteiger partial charge on any atom is -0.354 e. The van der Waals surface area contributed by atoms with Crippen LogP contribution in [-0.4, -0.2) is 78.6 Å². The largest absolute Gasteiger partial charge is 0.354 e. The van der Waals surface area contributed by atoms with Crippen LogP contribution in [0.5, 0.6) is 0 Å². The molecule has 2 amide bonds. The number of hydrogen-bond acceptors (Lipinski definition) is 5. The third-order valence-corrected chi connectivity index (χ3v) is 6.02. The number of aromatic nitrogens is 1. The summed E-state index contributed by atoms with van der Waals surface area (Å²) in [6.45, 7) is 4.58. The van der Waals surface area contributed by atoms with Crippen LogP contribution in [0.15, 0.2) is 18.3 Å². The van der Waals surface area contributed by atoms with E-state index >= 15 is 0 Å². The number of amides is 2. The molecule has 0 radical (unpaired) electrons. The van der Waals surface area contributed by atoms with Crippen molar-refractivity contribution < 1.29 is 4.79 Å². The van der Waals surface area contributed by atoms with Crippen molar-refractivity contribution in [2.75, 3.05) is 56.7 Å². The fourth-order valence-corrected chi connectivity index (χ4v) is 4.43. The average Bonchev–Trinajstić information content (AvgIpc) is 3.14. The van der Waals surface area contributed by atoms with Gasteiger partial charge in [0.25, 0.3) is 0 Å². The summed E-state index contributed by atoms with van der Waals surface area (Å²) in [6, 6.07) is 4.38. The van der Waals surface area contributed by atoms with E-state index in [2.05, 4.69) is 33.2 Å². The molecule has 0 unspecified atom stereocenters. The van der Waals surface area contributed by atoms with Crippen molar-refractivity contribution in [1.29, 1.82) is 0 Å². The molecule has 1 aromatic heterocycles. The van der Waals surface area contributed by atoms with Crippen molar-refractivity contribution in [3.63, 3.8) is 0 Å². The van der Waals surface area contributed by atoms with Gasteiger partial charge in [0.1, 0.15) is 5.82 Å². The fourth-order valence-electron chi connectivity index (χ4n) is 3.16. The molecule has 0 saturated carbocycles. The lowest BCUT2D eigenvalue weighted by atomic mass is 10.2. The Morgan fingerprint density at radius 3 is 2.92 bits per heavy atom. The van der Waals surface area contributed by atoms with Gasteiger partial charge in [0, 0.05) is 63.3 Å². The highest BCUT2D eigenvalue weighted by Crippen LogP contribution is 2.22. The van der Waals surface area contributed by atoms with Crippen LogP contribution in [0.1, 0.15) is 12.0 Å². The van der Waals surface area contributed by atoms with E-state index in [1.165, 1.54) is 0 Å². The molecule has 1 aromatic rings. The summed E-state index contributed by atoms with van der Waals surface area (Å²) in [4.78, 5) is 23.5. The summed E-state index contributed by atoms with van der Waals surface area (Å²) in [5, 5.41) is 3.06. The number of pyridine rings is 1. The van der Waals surface area contributed by atoms with Gasteiger partial charge in [0.2, 0.25) is 0 Å². The van der Waals surface area contributed by atoms with Gasteiger partial charge < -0.3 is 20.0 Å². The number of carbonyl (C=O) groups is 1. The Balaban J connectivity index is 1.59. The summed E-state index contributed by atoms with van der Waals surface area (Å²) >= 11 is 1.92. The molecular weight excluding hydrogens is 322 g/mol. The second-order valence-corrected chi connectivity index (χ2v) is 7.71. The van der Waals surface area contributed by atoms with Gasteiger partial charge in [-0.1, -0.05) is 6.07 Å². The van der Waals surface area contributed by atoms with Crippen molar-refractivity contribution in [3.8, 4) is 0 Å². The van der Waals surface area contributed by atoms with Gasteiger partial charge in [-0.05, 0) is 25.3 Å². The molecule has 2 aliphatic heterocycles. The first-order valence-electron chi connectivity index (χ1n) is 8.61. The Morgan fingerprint density at radius 1 is 1.42 bits per heavy atom. The zero-order valence-corrected chi connectivity index (χ0v) is 15.4. The van der Waals surface area contributed by atoms with Gasteiger partial charge in [-0.2, -0.15) is 11.8 Å². The highest BCUT2D eigenvalue weighted by atomic mass is 32.2. The average molecular weight is 350 g/mol. The first kappa shape index (κ1) is 17.4. The summed E-state index contributed by atoms with van der Waals surface area (Å²) in [5.41, 5.74) is 1.09. The molecule has 7 heteroatoms. The van der Waals surface area contributed by atoms with Crippen LogP contribution in [0.2, 0.25) is 0 Å². The summed E-state index contributed by atoms with van der Waals surface area (Å²) in [7, 11) is 4.05. The monoisotopic (exact) mass is 349 g/mol. The highest BCUT2D eigenvalue weighted by Gasteiger charge is 2.24. The Morgan fingerprint density at radius 2 is 2.21 bits per heavy atom. The van der Waals surface area contributed by atoms with E-state index in [-0.39, 0.29) is 6.03 Å². The first-order valence-corrected chi connectivity index (χ1v) is 9.76. The van der Waals surface area contributed by atoms with Gasteiger partial charge in [0.15, 0.2) is 0 Å². The molecule has 0 spiro atoms. The molecule has 0 aromatic carbocycles. The van der Waals surface area contributed by atoms with Gasteiger partial charge in [-0.25, -0.2) is 9.78 Å². The van der Waals surface area contributed by atoms with E-state index in [0.29, 0.717) is 12.6 Å². The van der Waals surface area contributed by atoms with Gasteiger partial charge in [0.05, 0.1) is 0 Å².